The molecule has 34 heavy (non-hydrogen) atoms. The Bertz CT molecular complexity index is 1270. The molecule has 11 heteroatoms. The van der Waals surface area contributed by atoms with Gasteiger partial charge in [-0.25, -0.2) is 9.78 Å². The van der Waals surface area contributed by atoms with Crippen molar-refractivity contribution in [3.05, 3.63) is 79.8 Å². The highest BCUT2D eigenvalue weighted by Crippen LogP contribution is 2.38. The van der Waals surface area contributed by atoms with Crippen molar-refractivity contribution < 1.29 is 28.7 Å². The fourth-order valence-corrected chi connectivity index (χ4v) is 3.84. The summed E-state index contributed by atoms with van der Waals surface area (Å²) < 4.78 is 15.5. The van der Waals surface area contributed by atoms with Gasteiger partial charge in [-0.05, 0) is 31.2 Å². The van der Waals surface area contributed by atoms with Crippen LogP contribution in [0.3, 0.4) is 0 Å². The van der Waals surface area contributed by atoms with Crippen molar-refractivity contribution in [3.8, 4) is 11.5 Å². The number of nitrogens with zero attached hydrogens (tertiary/aromatic N) is 2. The summed E-state index contributed by atoms with van der Waals surface area (Å²) in [6, 6.07) is 10.1. The van der Waals surface area contributed by atoms with Gasteiger partial charge in [-0.1, -0.05) is 17.7 Å². The predicted octanol–water partition coefficient (Wildman–Crippen LogP) is 4.03. The van der Waals surface area contributed by atoms with Gasteiger partial charge in [0.2, 0.25) is 12.7 Å². The number of anilines is 1. The molecule has 0 aliphatic carbocycles. The number of rotatable bonds is 8. The Balaban J connectivity index is 1.30. The number of carbonyl (C=O) groups excluding carboxylic acids is 2. The molecule has 10 nitrogen and oxygen atoms in total. The van der Waals surface area contributed by atoms with Gasteiger partial charge in [0, 0.05) is 17.1 Å². The van der Waals surface area contributed by atoms with Crippen LogP contribution in [0.5, 0.6) is 11.5 Å². The van der Waals surface area contributed by atoms with E-state index in [1.165, 1.54) is 29.5 Å². The molecule has 0 atom stereocenters. The zero-order valence-electron chi connectivity index (χ0n) is 18.0. The number of ether oxygens (including phenoxy) is 3. The highest BCUT2D eigenvalue weighted by atomic mass is 32.1. The van der Waals surface area contributed by atoms with Crippen LogP contribution in [0.2, 0.25) is 0 Å². The maximum Gasteiger partial charge on any atom is 0.331 e. The lowest BCUT2D eigenvalue weighted by Crippen LogP contribution is -2.14. The Hall–Kier alpha value is -4.25. The van der Waals surface area contributed by atoms with Crippen LogP contribution < -0.4 is 14.8 Å². The molecule has 1 N–H and O–H groups in total. The summed E-state index contributed by atoms with van der Waals surface area (Å²) in [4.78, 5) is 39.3. The van der Waals surface area contributed by atoms with E-state index in [4.69, 9.17) is 14.2 Å². The maximum atomic E-state index is 12.2. The SMILES string of the molecule is Cc1ccc(NC(=O)Cc2nc(COC(=O)/C=C/c3cc4c(cc3[N+](=O)[O-])OCO4)cs2)cc1. The summed E-state index contributed by atoms with van der Waals surface area (Å²) in [7, 11) is 0. The zero-order valence-corrected chi connectivity index (χ0v) is 18.8. The summed E-state index contributed by atoms with van der Waals surface area (Å²) in [5.74, 6) is -0.257. The van der Waals surface area contributed by atoms with Gasteiger partial charge in [-0.15, -0.1) is 11.3 Å². The topological polar surface area (TPSA) is 130 Å². The molecular formula is C23H19N3O7S. The molecule has 1 aromatic heterocycles. The molecule has 0 spiro atoms. The Morgan fingerprint density at radius 3 is 2.71 bits per heavy atom. The molecule has 3 aromatic rings. The number of fused-ring (bicyclic) bond motifs is 1. The van der Waals surface area contributed by atoms with E-state index in [9.17, 15) is 19.7 Å². The monoisotopic (exact) mass is 481 g/mol. The number of aryl methyl sites for hydroxylation is 1. The lowest BCUT2D eigenvalue weighted by atomic mass is 10.1. The van der Waals surface area contributed by atoms with Crippen LogP contribution in [0.25, 0.3) is 6.08 Å². The Morgan fingerprint density at radius 1 is 1.24 bits per heavy atom. The second-order valence-electron chi connectivity index (χ2n) is 7.29. The van der Waals surface area contributed by atoms with Gasteiger partial charge in [-0.2, -0.15) is 0 Å². The lowest BCUT2D eigenvalue weighted by molar-refractivity contribution is -0.385. The molecule has 1 aliphatic rings. The van der Waals surface area contributed by atoms with Gasteiger partial charge in [0.05, 0.1) is 28.7 Å². The predicted molar refractivity (Wildman–Crippen MR) is 124 cm³/mol. The molecule has 0 bridgehead atoms. The summed E-state index contributed by atoms with van der Waals surface area (Å²) in [6.45, 7) is 1.85. The molecule has 174 valence electrons. The van der Waals surface area contributed by atoms with Crippen molar-refractivity contribution in [2.45, 2.75) is 20.0 Å². The van der Waals surface area contributed by atoms with Crippen LogP contribution >= 0.6 is 11.3 Å². The normalized spacial score (nSPS) is 12.0. The fourth-order valence-electron chi connectivity index (χ4n) is 3.07. The van der Waals surface area contributed by atoms with E-state index in [0.29, 0.717) is 22.1 Å². The quantitative estimate of drug-likeness (QED) is 0.221. The number of nitrogens with one attached hydrogen (secondary N) is 1. The molecule has 4 rings (SSSR count). The van der Waals surface area contributed by atoms with Crippen LogP contribution in [0.4, 0.5) is 11.4 Å². The molecule has 1 amide bonds. The van der Waals surface area contributed by atoms with E-state index >= 15 is 0 Å². The van der Waals surface area contributed by atoms with Crippen molar-refractivity contribution in [1.82, 2.24) is 4.98 Å². The molecule has 2 heterocycles. The summed E-state index contributed by atoms with van der Waals surface area (Å²) in [5, 5.41) is 16.4. The molecule has 0 radical (unpaired) electrons. The standard InChI is InChI=1S/C23H19N3O7S/c1-14-2-5-16(6-3-14)24-21(27)10-22-25-17(12-34-22)11-31-23(28)7-4-15-8-19-20(33-13-32-19)9-18(15)26(29)30/h2-9,12H,10-11,13H2,1H3,(H,24,27)/b7-4+. The number of amides is 1. The number of esters is 1. The van der Waals surface area contributed by atoms with Crippen LogP contribution in [0.1, 0.15) is 21.8 Å². The average Bonchev–Trinajstić information content (AvgIpc) is 3.45. The minimum atomic E-state index is -0.696. The van der Waals surface area contributed by atoms with E-state index < -0.39 is 10.9 Å². The number of nitro groups is 1. The van der Waals surface area contributed by atoms with Crippen LogP contribution in [-0.4, -0.2) is 28.6 Å². The average molecular weight is 481 g/mol. The summed E-state index contributed by atoms with van der Waals surface area (Å²) in [6.07, 6.45) is 2.47. The third kappa shape index (κ3) is 5.75. The Labute approximate surface area is 197 Å². The Morgan fingerprint density at radius 2 is 1.97 bits per heavy atom. The first-order chi connectivity index (χ1) is 16.4. The van der Waals surface area contributed by atoms with Crippen LogP contribution in [0, 0.1) is 17.0 Å². The maximum absolute atomic E-state index is 12.2. The molecule has 0 unspecified atom stereocenters. The minimum Gasteiger partial charge on any atom is -0.456 e. The van der Waals surface area contributed by atoms with Crippen LogP contribution in [0.15, 0.2) is 47.9 Å². The number of carbonyl (C=O) groups is 2. The first-order valence-electron chi connectivity index (χ1n) is 10.1. The second kappa shape index (κ2) is 10.1. The number of benzene rings is 2. The van der Waals surface area contributed by atoms with E-state index in [1.54, 1.807) is 5.38 Å². The van der Waals surface area contributed by atoms with Crippen molar-refractivity contribution in [3.63, 3.8) is 0 Å². The van der Waals surface area contributed by atoms with E-state index in [0.717, 1.165) is 11.6 Å². The van der Waals surface area contributed by atoms with Gasteiger partial charge in [0.1, 0.15) is 11.6 Å². The molecule has 1 aliphatic heterocycles. The molecular weight excluding hydrogens is 462 g/mol. The third-order valence-corrected chi connectivity index (χ3v) is 5.62. The van der Waals surface area contributed by atoms with Gasteiger partial charge in [0.25, 0.3) is 5.69 Å². The third-order valence-electron chi connectivity index (χ3n) is 4.73. The van der Waals surface area contributed by atoms with Crippen molar-refractivity contribution in [2.24, 2.45) is 0 Å². The van der Waals surface area contributed by atoms with E-state index in [1.807, 2.05) is 31.2 Å². The second-order valence-corrected chi connectivity index (χ2v) is 8.23. The number of nitro benzene ring substituents is 1. The number of aromatic nitrogens is 1. The van der Waals surface area contributed by atoms with Gasteiger partial charge in [-0.3, -0.25) is 14.9 Å². The minimum absolute atomic E-state index is 0.0229. The molecule has 2 aromatic carbocycles. The lowest BCUT2D eigenvalue weighted by Gasteiger charge is -2.04. The Kier molecular flexibility index (Phi) is 6.83. The fraction of sp³-hybridized carbons (Fsp3) is 0.174. The summed E-state index contributed by atoms with van der Waals surface area (Å²) in [5.41, 5.74) is 2.26. The largest absolute Gasteiger partial charge is 0.456 e. The number of thiazole rings is 1. The number of hydrogen-bond acceptors (Lipinski definition) is 9. The van der Waals surface area contributed by atoms with Gasteiger partial charge >= 0.3 is 5.97 Å². The molecule has 0 saturated heterocycles. The van der Waals surface area contributed by atoms with Gasteiger partial charge < -0.3 is 19.5 Å². The highest BCUT2D eigenvalue weighted by Gasteiger charge is 2.22. The summed E-state index contributed by atoms with van der Waals surface area (Å²) >= 11 is 1.29. The van der Waals surface area contributed by atoms with Crippen LogP contribution in [-0.2, 0) is 27.4 Å². The van der Waals surface area contributed by atoms with Crippen molar-refractivity contribution >= 4 is 40.7 Å². The number of hydrogen-bond donors (Lipinski definition) is 1. The van der Waals surface area contributed by atoms with E-state index in [2.05, 4.69) is 10.3 Å². The van der Waals surface area contributed by atoms with Crippen molar-refractivity contribution in [2.75, 3.05) is 12.1 Å². The zero-order chi connectivity index (χ0) is 24.1. The highest BCUT2D eigenvalue weighted by molar-refractivity contribution is 7.09. The first-order valence-corrected chi connectivity index (χ1v) is 11.0. The van der Waals surface area contributed by atoms with Gasteiger partial charge in [0.15, 0.2) is 11.5 Å². The molecule has 0 fully saturated rings. The molecule has 0 saturated carbocycles. The van der Waals surface area contributed by atoms with E-state index in [-0.39, 0.29) is 42.7 Å². The van der Waals surface area contributed by atoms with Crippen molar-refractivity contribution in [1.29, 1.82) is 0 Å². The first kappa shape index (κ1) is 22.9. The smallest absolute Gasteiger partial charge is 0.331 e.